The van der Waals surface area contributed by atoms with E-state index < -0.39 is 10.1 Å². The van der Waals surface area contributed by atoms with E-state index in [0.29, 0.717) is 6.04 Å². The van der Waals surface area contributed by atoms with Crippen LogP contribution < -0.4 is 9.50 Å². The van der Waals surface area contributed by atoms with Gasteiger partial charge in [0.15, 0.2) is 0 Å². The largest absolute Gasteiger partial charge is 0.382 e. The molecule has 1 heterocycles. The van der Waals surface area contributed by atoms with Crippen molar-refractivity contribution in [1.29, 1.82) is 0 Å². The minimum Gasteiger partial charge on any atom is -0.382 e. The van der Waals surface area contributed by atoms with E-state index in [1.54, 1.807) is 48.8 Å². The normalized spacial score (nSPS) is 15.5. The van der Waals surface area contributed by atoms with Crippen LogP contribution in [0.2, 0.25) is 0 Å². The van der Waals surface area contributed by atoms with E-state index in [9.17, 15) is 8.42 Å². The van der Waals surface area contributed by atoms with Gasteiger partial charge >= 0.3 is 10.1 Å². The van der Waals surface area contributed by atoms with E-state index in [-0.39, 0.29) is 10.6 Å². The van der Waals surface area contributed by atoms with E-state index in [1.165, 1.54) is 25.7 Å². The molecule has 1 saturated carbocycles. The SMILES string of the molecule is O=S(=O)(Oc1ccc2nc[nH]c2c1)c1ccc(NC2CCCC2)cc1. The number of hydrogen-bond acceptors (Lipinski definition) is 5. The van der Waals surface area contributed by atoms with Gasteiger partial charge in [0.1, 0.15) is 10.6 Å². The lowest BCUT2D eigenvalue weighted by Gasteiger charge is -2.14. The number of nitrogens with zero attached hydrogens (tertiary/aromatic N) is 1. The maximum atomic E-state index is 12.5. The topological polar surface area (TPSA) is 84.1 Å². The standard InChI is InChI=1S/C18H19N3O3S/c22-25(23,24-15-7-10-17-18(11-15)20-12-19-17)16-8-5-14(6-9-16)21-13-3-1-2-4-13/h5-13,21H,1-4H2,(H,19,20). The first-order chi connectivity index (χ1) is 12.1. The molecular weight excluding hydrogens is 338 g/mol. The molecule has 0 unspecified atom stereocenters. The lowest BCUT2D eigenvalue weighted by atomic mass is 10.2. The van der Waals surface area contributed by atoms with Crippen LogP contribution in [-0.2, 0) is 10.1 Å². The fourth-order valence-corrected chi connectivity index (χ4v) is 4.09. The second kappa shape index (κ2) is 6.40. The summed E-state index contributed by atoms with van der Waals surface area (Å²) in [5.74, 6) is 0.255. The molecule has 130 valence electrons. The molecular formula is C18H19N3O3S. The Hall–Kier alpha value is -2.54. The van der Waals surface area contributed by atoms with Crippen LogP contribution in [0.25, 0.3) is 11.0 Å². The summed E-state index contributed by atoms with van der Waals surface area (Å²) in [5, 5.41) is 3.44. The van der Waals surface area contributed by atoms with Crippen LogP contribution in [0.4, 0.5) is 5.69 Å². The van der Waals surface area contributed by atoms with Gasteiger partial charge in [0.2, 0.25) is 0 Å². The van der Waals surface area contributed by atoms with Gasteiger partial charge in [-0.15, -0.1) is 0 Å². The summed E-state index contributed by atoms with van der Waals surface area (Å²) >= 11 is 0. The summed E-state index contributed by atoms with van der Waals surface area (Å²) in [6.07, 6.45) is 6.38. The van der Waals surface area contributed by atoms with Crippen molar-refractivity contribution in [2.24, 2.45) is 0 Å². The van der Waals surface area contributed by atoms with E-state index in [0.717, 1.165) is 16.7 Å². The minimum absolute atomic E-state index is 0.133. The molecule has 4 rings (SSSR count). The Kier molecular flexibility index (Phi) is 4.09. The van der Waals surface area contributed by atoms with Gasteiger partial charge in [0.05, 0.1) is 17.4 Å². The first kappa shape index (κ1) is 16.0. The molecule has 1 fully saturated rings. The molecule has 2 N–H and O–H groups in total. The summed E-state index contributed by atoms with van der Waals surface area (Å²) in [7, 11) is -3.87. The molecule has 3 aromatic rings. The molecule has 7 heteroatoms. The first-order valence-electron chi connectivity index (χ1n) is 8.34. The number of anilines is 1. The van der Waals surface area contributed by atoms with Gasteiger partial charge in [0.25, 0.3) is 0 Å². The fraction of sp³-hybridized carbons (Fsp3) is 0.278. The minimum atomic E-state index is -3.87. The zero-order chi connectivity index (χ0) is 17.3. The highest BCUT2D eigenvalue weighted by Gasteiger charge is 2.18. The quantitative estimate of drug-likeness (QED) is 0.681. The van der Waals surface area contributed by atoms with E-state index in [1.807, 2.05) is 0 Å². The van der Waals surface area contributed by atoms with Crippen LogP contribution in [0, 0.1) is 0 Å². The van der Waals surface area contributed by atoms with Gasteiger partial charge in [-0.1, -0.05) is 12.8 Å². The maximum absolute atomic E-state index is 12.5. The lowest BCUT2D eigenvalue weighted by molar-refractivity contribution is 0.486. The Morgan fingerprint density at radius 1 is 1.08 bits per heavy atom. The van der Waals surface area contributed by atoms with Crippen molar-refractivity contribution in [3.8, 4) is 5.75 Å². The Morgan fingerprint density at radius 3 is 2.60 bits per heavy atom. The monoisotopic (exact) mass is 357 g/mol. The van der Waals surface area contributed by atoms with Crippen molar-refractivity contribution >= 4 is 26.8 Å². The van der Waals surface area contributed by atoms with Crippen molar-refractivity contribution in [2.75, 3.05) is 5.32 Å². The Morgan fingerprint density at radius 2 is 1.84 bits per heavy atom. The number of nitrogens with one attached hydrogen (secondary N) is 2. The van der Waals surface area contributed by atoms with Crippen molar-refractivity contribution in [2.45, 2.75) is 36.6 Å². The molecule has 0 radical (unpaired) electrons. The Bertz CT molecular complexity index is 974. The number of imidazole rings is 1. The summed E-state index contributed by atoms with van der Waals surface area (Å²) in [6, 6.07) is 12.1. The number of hydrogen-bond donors (Lipinski definition) is 2. The van der Waals surface area contributed by atoms with Gasteiger partial charge in [-0.25, -0.2) is 4.98 Å². The second-order valence-corrected chi connectivity index (χ2v) is 7.82. The second-order valence-electron chi connectivity index (χ2n) is 6.27. The van der Waals surface area contributed by atoms with Crippen LogP contribution in [0.5, 0.6) is 5.75 Å². The van der Waals surface area contributed by atoms with Crippen LogP contribution in [0.3, 0.4) is 0 Å². The first-order valence-corrected chi connectivity index (χ1v) is 9.75. The zero-order valence-corrected chi connectivity index (χ0v) is 14.4. The number of benzene rings is 2. The summed E-state index contributed by atoms with van der Waals surface area (Å²) in [6.45, 7) is 0. The summed E-state index contributed by atoms with van der Waals surface area (Å²) in [4.78, 5) is 7.17. The third-order valence-corrected chi connectivity index (χ3v) is 5.73. The van der Waals surface area contributed by atoms with Crippen molar-refractivity contribution in [3.05, 3.63) is 48.8 Å². The molecule has 0 amide bonds. The average Bonchev–Trinajstić information content (AvgIpc) is 3.26. The lowest BCUT2D eigenvalue weighted by Crippen LogP contribution is -2.14. The predicted octanol–water partition coefficient (Wildman–Crippen LogP) is 3.69. The smallest absolute Gasteiger partial charge is 0.339 e. The molecule has 0 atom stereocenters. The fourth-order valence-electron chi connectivity index (χ4n) is 3.17. The van der Waals surface area contributed by atoms with Crippen LogP contribution in [0.15, 0.2) is 53.7 Å². The third-order valence-electron chi connectivity index (χ3n) is 4.47. The van der Waals surface area contributed by atoms with Crippen molar-refractivity contribution in [3.63, 3.8) is 0 Å². The molecule has 1 aromatic heterocycles. The van der Waals surface area contributed by atoms with Crippen molar-refractivity contribution < 1.29 is 12.6 Å². The highest BCUT2D eigenvalue weighted by atomic mass is 32.2. The number of aromatic nitrogens is 2. The molecule has 0 saturated heterocycles. The van der Waals surface area contributed by atoms with E-state index >= 15 is 0 Å². The predicted molar refractivity (Wildman–Crippen MR) is 96.2 cm³/mol. The van der Waals surface area contributed by atoms with Gasteiger partial charge in [0, 0.05) is 17.8 Å². The average molecular weight is 357 g/mol. The molecule has 1 aliphatic rings. The van der Waals surface area contributed by atoms with Gasteiger partial charge in [-0.3, -0.25) is 0 Å². The molecule has 25 heavy (non-hydrogen) atoms. The van der Waals surface area contributed by atoms with E-state index in [2.05, 4.69) is 15.3 Å². The Balaban J connectivity index is 1.50. The summed E-state index contributed by atoms with van der Waals surface area (Å²) < 4.78 is 30.2. The number of aromatic amines is 1. The molecule has 0 aliphatic heterocycles. The van der Waals surface area contributed by atoms with Gasteiger partial charge in [-0.2, -0.15) is 8.42 Å². The molecule has 0 spiro atoms. The van der Waals surface area contributed by atoms with Crippen LogP contribution >= 0.6 is 0 Å². The molecule has 1 aliphatic carbocycles. The highest BCUT2D eigenvalue weighted by Crippen LogP contribution is 2.25. The molecule has 0 bridgehead atoms. The molecule has 6 nitrogen and oxygen atoms in total. The van der Waals surface area contributed by atoms with Crippen LogP contribution in [-0.4, -0.2) is 24.4 Å². The maximum Gasteiger partial charge on any atom is 0.339 e. The van der Waals surface area contributed by atoms with E-state index in [4.69, 9.17) is 4.18 Å². The number of H-pyrrole nitrogens is 1. The number of rotatable bonds is 5. The Labute approximate surface area is 146 Å². The summed E-state index contributed by atoms with van der Waals surface area (Å²) in [5.41, 5.74) is 2.42. The van der Waals surface area contributed by atoms with Gasteiger partial charge < -0.3 is 14.5 Å². The molecule has 2 aromatic carbocycles. The highest BCUT2D eigenvalue weighted by molar-refractivity contribution is 7.87. The third kappa shape index (κ3) is 3.46. The van der Waals surface area contributed by atoms with Crippen molar-refractivity contribution in [1.82, 2.24) is 9.97 Å². The number of fused-ring (bicyclic) bond motifs is 1. The van der Waals surface area contributed by atoms with Crippen LogP contribution in [0.1, 0.15) is 25.7 Å². The van der Waals surface area contributed by atoms with Gasteiger partial charge in [-0.05, 0) is 49.2 Å². The zero-order valence-electron chi connectivity index (χ0n) is 13.6.